The number of allylic oxidation sites excluding steroid dienone is 2. The molecule has 0 aromatic rings. The summed E-state index contributed by atoms with van der Waals surface area (Å²) in [5, 5.41) is 8.70. The standard InChI is InChI=1S/C10H17N/c1-4-6-7-9(3)10(5-2)8-11/h7,10H,4-6H2,1-3H3/b9-7+/t10-/m1/s1. The average Bonchev–Trinajstić information content (AvgIpc) is 2.03. The lowest BCUT2D eigenvalue weighted by Gasteiger charge is -2.04. The van der Waals surface area contributed by atoms with Crippen LogP contribution in [0.3, 0.4) is 0 Å². The summed E-state index contributed by atoms with van der Waals surface area (Å²) >= 11 is 0. The molecule has 0 spiro atoms. The molecule has 62 valence electrons. The Morgan fingerprint density at radius 3 is 2.55 bits per heavy atom. The van der Waals surface area contributed by atoms with E-state index in [4.69, 9.17) is 5.26 Å². The molecule has 0 bridgehead atoms. The van der Waals surface area contributed by atoms with E-state index < -0.39 is 0 Å². The largest absolute Gasteiger partial charge is 0.198 e. The van der Waals surface area contributed by atoms with Crippen molar-refractivity contribution >= 4 is 0 Å². The molecule has 0 aromatic carbocycles. The van der Waals surface area contributed by atoms with E-state index in [1.807, 2.05) is 6.92 Å². The molecule has 0 unspecified atom stereocenters. The number of nitrogens with zero attached hydrogens (tertiary/aromatic N) is 1. The van der Waals surface area contributed by atoms with E-state index in [-0.39, 0.29) is 5.92 Å². The Labute approximate surface area is 69.7 Å². The van der Waals surface area contributed by atoms with E-state index in [2.05, 4.69) is 26.0 Å². The zero-order chi connectivity index (χ0) is 8.69. The van der Waals surface area contributed by atoms with Crippen molar-refractivity contribution < 1.29 is 0 Å². The Bertz CT molecular complexity index is 162. The van der Waals surface area contributed by atoms with Gasteiger partial charge in [-0.3, -0.25) is 0 Å². The van der Waals surface area contributed by atoms with E-state index >= 15 is 0 Å². The lowest BCUT2D eigenvalue weighted by Crippen LogP contribution is -1.95. The fraction of sp³-hybridized carbons (Fsp3) is 0.700. The Kier molecular flexibility index (Phi) is 5.56. The highest BCUT2D eigenvalue weighted by atomic mass is 14.3. The van der Waals surface area contributed by atoms with Crippen LogP contribution < -0.4 is 0 Å². The molecule has 0 fully saturated rings. The third-order valence-corrected chi connectivity index (χ3v) is 1.87. The first-order valence-electron chi connectivity index (χ1n) is 4.32. The molecule has 0 rings (SSSR count). The number of unbranched alkanes of at least 4 members (excludes halogenated alkanes) is 1. The lowest BCUT2D eigenvalue weighted by atomic mass is 9.98. The van der Waals surface area contributed by atoms with Crippen molar-refractivity contribution in [3.63, 3.8) is 0 Å². The number of nitriles is 1. The minimum atomic E-state index is 0.140. The zero-order valence-corrected chi connectivity index (χ0v) is 7.72. The molecule has 0 heterocycles. The fourth-order valence-electron chi connectivity index (χ4n) is 1.03. The highest BCUT2D eigenvalue weighted by Crippen LogP contribution is 2.13. The second-order valence-corrected chi connectivity index (χ2v) is 2.83. The number of rotatable bonds is 4. The first-order valence-corrected chi connectivity index (χ1v) is 4.32. The van der Waals surface area contributed by atoms with Gasteiger partial charge in [-0.2, -0.15) is 5.26 Å². The summed E-state index contributed by atoms with van der Waals surface area (Å²) in [6, 6.07) is 2.29. The fourth-order valence-corrected chi connectivity index (χ4v) is 1.03. The third-order valence-electron chi connectivity index (χ3n) is 1.87. The van der Waals surface area contributed by atoms with Crippen LogP contribution in [0.15, 0.2) is 11.6 Å². The van der Waals surface area contributed by atoms with Crippen molar-refractivity contribution in [2.45, 2.75) is 40.0 Å². The minimum Gasteiger partial charge on any atom is -0.198 e. The highest BCUT2D eigenvalue weighted by molar-refractivity contribution is 5.11. The molecular weight excluding hydrogens is 134 g/mol. The molecule has 0 N–H and O–H groups in total. The summed E-state index contributed by atoms with van der Waals surface area (Å²) in [6.07, 6.45) is 5.38. The number of hydrogen-bond acceptors (Lipinski definition) is 1. The van der Waals surface area contributed by atoms with Crippen LogP contribution in [0.25, 0.3) is 0 Å². The van der Waals surface area contributed by atoms with Gasteiger partial charge in [0.05, 0.1) is 12.0 Å². The van der Waals surface area contributed by atoms with Crippen LogP contribution in [-0.2, 0) is 0 Å². The maximum atomic E-state index is 8.70. The number of hydrogen-bond donors (Lipinski definition) is 0. The predicted molar refractivity (Wildman–Crippen MR) is 48.1 cm³/mol. The van der Waals surface area contributed by atoms with Crippen molar-refractivity contribution in [3.8, 4) is 6.07 Å². The minimum absolute atomic E-state index is 0.140. The molecule has 0 aliphatic rings. The van der Waals surface area contributed by atoms with Gasteiger partial charge in [-0.15, -0.1) is 0 Å². The van der Waals surface area contributed by atoms with Gasteiger partial charge < -0.3 is 0 Å². The molecule has 0 radical (unpaired) electrons. The van der Waals surface area contributed by atoms with Crippen molar-refractivity contribution in [1.29, 1.82) is 5.26 Å². The molecule has 0 aliphatic carbocycles. The Hall–Kier alpha value is -0.770. The second-order valence-electron chi connectivity index (χ2n) is 2.83. The molecule has 0 saturated carbocycles. The van der Waals surface area contributed by atoms with Crippen molar-refractivity contribution in [3.05, 3.63) is 11.6 Å². The van der Waals surface area contributed by atoms with Crippen LogP contribution in [0.4, 0.5) is 0 Å². The molecule has 0 aliphatic heterocycles. The topological polar surface area (TPSA) is 23.8 Å². The van der Waals surface area contributed by atoms with Gasteiger partial charge in [-0.1, -0.05) is 31.9 Å². The van der Waals surface area contributed by atoms with Crippen LogP contribution >= 0.6 is 0 Å². The van der Waals surface area contributed by atoms with Gasteiger partial charge in [-0.25, -0.2) is 0 Å². The van der Waals surface area contributed by atoms with Crippen molar-refractivity contribution in [2.24, 2.45) is 5.92 Å². The van der Waals surface area contributed by atoms with Gasteiger partial charge in [0.15, 0.2) is 0 Å². The van der Waals surface area contributed by atoms with Crippen LogP contribution in [0.1, 0.15) is 40.0 Å². The molecule has 1 atom stereocenters. The monoisotopic (exact) mass is 151 g/mol. The van der Waals surface area contributed by atoms with Gasteiger partial charge in [0.2, 0.25) is 0 Å². The van der Waals surface area contributed by atoms with Crippen LogP contribution in [0.2, 0.25) is 0 Å². The quantitative estimate of drug-likeness (QED) is 0.566. The zero-order valence-electron chi connectivity index (χ0n) is 7.72. The Balaban J connectivity index is 3.99. The molecule has 0 aromatic heterocycles. The van der Waals surface area contributed by atoms with E-state index in [9.17, 15) is 0 Å². The predicted octanol–water partition coefficient (Wildman–Crippen LogP) is 3.28. The van der Waals surface area contributed by atoms with E-state index in [1.165, 1.54) is 12.0 Å². The van der Waals surface area contributed by atoms with E-state index in [0.29, 0.717) is 0 Å². The van der Waals surface area contributed by atoms with Gasteiger partial charge in [0.25, 0.3) is 0 Å². The van der Waals surface area contributed by atoms with E-state index in [1.54, 1.807) is 0 Å². The van der Waals surface area contributed by atoms with Gasteiger partial charge in [0, 0.05) is 0 Å². The van der Waals surface area contributed by atoms with Crippen molar-refractivity contribution in [1.82, 2.24) is 0 Å². The Morgan fingerprint density at radius 2 is 2.18 bits per heavy atom. The summed E-state index contributed by atoms with van der Waals surface area (Å²) in [4.78, 5) is 0. The summed E-state index contributed by atoms with van der Waals surface area (Å²) < 4.78 is 0. The van der Waals surface area contributed by atoms with E-state index in [0.717, 1.165) is 12.8 Å². The van der Waals surface area contributed by atoms with Gasteiger partial charge in [-0.05, 0) is 19.8 Å². The Morgan fingerprint density at radius 1 is 1.55 bits per heavy atom. The summed E-state index contributed by atoms with van der Waals surface area (Å²) in [6.45, 7) is 6.25. The smallest absolute Gasteiger partial charge is 0.0700 e. The molecular formula is C10H17N. The molecule has 0 saturated heterocycles. The summed E-state index contributed by atoms with van der Waals surface area (Å²) in [5.74, 6) is 0.140. The third kappa shape index (κ3) is 3.83. The molecule has 1 nitrogen and oxygen atoms in total. The normalized spacial score (nSPS) is 14.2. The molecule has 1 heteroatoms. The average molecular weight is 151 g/mol. The second kappa shape index (κ2) is 5.97. The maximum absolute atomic E-state index is 8.70. The first-order chi connectivity index (χ1) is 5.26. The maximum Gasteiger partial charge on any atom is 0.0700 e. The molecule has 0 amide bonds. The van der Waals surface area contributed by atoms with Crippen LogP contribution in [0, 0.1) is 17.2 Å². The van der Waals surface area contributed by atoms with Crippen molar-refractivity contribution in [2.75, 3.05) is 0 Å². The highest BCUT2D eigenvalue weighted by Gasteiger charge is 2.04. The van der Waals surface area contributed by atoms with Gasteiger partial charge in [0.1, 0.15) is 0 Å². The SMILES string of the molecule is CCC/C=C(\C)[C@@H](C#N)CC. The first kappa shape index (κ1) is 10.2. The summed E-state index contributed by atoms with van der Waals surface area (Å²) in [7, 11) is 0. The molecule has 11 heavy (non-hydrogen) atoms. The van der Waals surface area contributed by atoms with Crippen LogP contribution in [-0.4, -0.2) is 0 Å². The lowest BCUT2D eigenvalue weighted by molar-refractivity contribution is 0.732. The van der Waals surface area contributed by atoms with Gasteiger partial charge >= 0.3 is 0 Å². The van der Waals surface area contributed by atoms with Crippen LogP contribution in [0.5, 0.6) is 0 Å². The summed E-state index contributed by atoms with van der Waals surface area (Å²) in [5.41, 5.74) is 1.23.